The summed E-state index contributed by atoms with van der Waals surface area (Å²) >= 11 is 0. The van der Waals surface area contributed by atoms with Gasteiger partial charge >= 0.3 is 0 Å². The lowest BCUT2D eigenvalue weighted by Crippen LogP contribution is -2.26. The van der Waals surface area contributed by atoms with Crippen LogP contribution in [-0.4, -0.2) is 46.8 Å². The molecule has 1 aliphatic rings. The van der Waals surface area contributed by atoms with Crippen molar-refractivity contribution in [1.82, 2.24) is 20.3 Å². The van der Waals surface area contributed by atoms with Crippen LogP contribution < -0.4 is 10.6 Å². The first-order valence-corrected chi connectivity index (χ1v) is 9.73. The smallest absolute Gasteiger partial charge is 0.270 e. The molecule has 0 spiro atoms. The van der Waals surface area contributed by atoms with E-state index in [9.17, 15) is 13.2 Å². The van der Waals surface area contributed by atoms with E-state index in [1.807, 2.05) is 12.1 Å². The summed E-state index contributed by atoms with van der Waals surface area (Å²) in [5.41, 5.74) is 1.81. The van der Waals surface area contributed by atoms with Gasteiger partial charge in [-0.15, -0.1) is 0 Å². The van der Waals surface area contributed by atoms with Crippen molar-refractivity contribution >= 4 is 21.7 Å². The SMILES string of the molecule is Cc1cc(C(=O)NCc2ccncc2)nc(NC2CCS(=O)(=O)C2)n1. The Bertz CT molecular complexity index is 871. The van der Waals surface area contributed by atoms with E-state index < -0.39 is 9.84 Å². The summed E-state index contributed by atoms with van der Waals surface area (Å²) in [6.07, 6.45) is 3.84. The Kier molecular flexibility index (Phi) is 4.93. The highest BCUT2D eigenvalue weighted by Gasteiger charge is 2.28. The van der Waals surface area contributed by atoms with Gasteiger partial charge in [0.1, 0.15) is 5.69 Å². The van der Waals surface area contributed by atoms with E-state index in [4.69, 9.17) is 0 Å². The molecule has 0 saturated carbocycles. The van der Waals surface area contributed by atoms with Crippen molar-refractivity contribution in [2.24, 2.45) is 0 Å². The molecule has 3 rings (SSSR count). The number of rotatable bonds is 5. The molecule has 0 aliphatic carbocycles. The van der Waals surface area contributed by atoms with Crippen LogP contribution in [0.4, 0.5) is 5.95 Å². The molecule has 0 bridgehead atoms. The number of aromatic nitrogens is 3. The second-order valence-corrected chi connectivity index (χ2v) is 8.23. The molecule has 0 radical (unpaired) electrons. The predicted molar refractivity (Wildman–Crippen MR) is 92.9 cm³/mol. The Morgan fingerprint density at radius 3 is 2.72 bits per heavy atom. The fraction of sp³-hybridized carbons (Fsp3) is 0.375. The predicted octanol–water partition coefficient (Wildman–Crippen LogP) is 0.709. The molecule has 1 atom stereocenters. The third-order valence-electron chi connectivity index (χ3n) is 3.85. The molecule has 1 saturated heterocycles. The molecular formula is C16H19N5O3S. The van der Waals surface area contributed by atoms with Gasteiger partial charge in [0.25, 0.3) is 5.91 Å². The maximum absolute atomic E-state index is 12.3. The quantitative estimate of drug-likeness (QED) is 0.806. The number of hydrogen-bond donors (Lipinski definition) is 2. The zero-order chi connectivity index (χ0) is 17.9. The minimum absolute atomic E-state index is 0.0634. The first-order chi connectivity index (χ1) is 11.9. The first-order valence-electron chi connectivity index (χ1n) is 7.91. The molecule has 25 heavy (non-hydrogen) atoms. The van der Waals surface area contributed by atoms with Gasteiger partial charge in [0.2, 0.25) is 5.95 Å². The van der Waals surface area contributed by atoms with Gasteiger partial charge in [-0.25, -0.2) is 18.4 Å². The first kappa shape index (κ1) is 17.3. The largest absolute Gasteiger partial charge is 0.350 e. The number of anilines is 1. The van der Waals surface area contributed by atoms with E-state index >= 15 is 0 Å². The van der Waals surface area contributed by atoms with Crippen LogP contribution in [0.15, 0.2) is 30.6 Å². The summed E-state index contributed by atoms with van der Waals surface area (Å²) < 4.78 is 23.1. The van der Waals surface area contributed by atoms with Gasteiger partial charge in [0.05, 0.1) is 11.5 Å². The lowest BCUT2D eigenvalue weighted by atomic mass is 10.2. The van der Waals surface area contributed by atoms with Gasteiger partial charge in [-0.05, 0) is 37.1 Å². The van der Waals surface area contributed by atoms with Gasteiger partial charge in [-0.2, -0.15) is 0 Å². The van der Waals surface area contributed by atoms with Crippen LogP contribution in [0.2, 0.25) is 0 Å². The molecule has 132 valence electrons. The van der Waals surface area contributed by atoms with Crippen LogP contribution in [0.5, 0.6) is 0 Å². The molecule has 1 unspecified atom stereocenters. The van der Waals surface area contributed by atoms with Crippen molar-refractivity contribution in [3.8, 4) is 0 Å². The van der Waals surface area contributed by atoms with Crippen LogP contribution in [0.3, 0.4) is 0 Å². The second kappa shape index (κ2) is 7.14. The molecule has 2 N–H and O–H groups in total. The van der Waals surface area contributed by atoms with Crippen LogP contribution in [0.25, 0.3) is 0 Å². The topological polar surface area (TPSA) is 114 Å². The maximum Gasteiger partial charge on any atom is 0.270 e. The molecule has 3 heterocycles. The molecule has 0 aromatic carbocycles. The zero-order valence-corrected chi connectivity index (χ0v) is 14.6. The minimum atomic E-state index is -2.99. The molecule has 9 heteroatoms. The number of nitrogens with zero attached hydrogens (tertiary/aromatic N) is 3. The fourth-order valence-corrected chi connectivity index (χ4v) is 4.29. The zero-order valence-electron chi connectivity index (χ0n) is 13.8. The van der Waals surface area contributed by atoms with Crippen LogP contribution in [0, 0.1) is 6.92 Å². The molecule has 1 fully saturated rings. The highest BCUT2D eigenvalue weighted by atomic mass is 32.2. The second-order valence-electron chi connectivity index (χ2n) is 6.00. The van der Waals surface area contributed by atoms with Gasteiger partial charge in [-0.3, -0.25) is 9.78 Å². The third kappa shape index (κ3) is 4.72. The average Bonchev–Trinajstić information content (AvgIpc) is 2.91. The van der Waals surface area contributed by atoms with E-state index in [-0.39, 0.29) is 35.1 Å². The Balaban J connectivity index is 1.67. The summed E-state index contributed by atoms with van der Waals surface area (Å²) in [6, 6.07) is 5.01. The van der Waals surface area contributed by atoms with Crippen LogP contribution in [0.1, 0.15) is 28.2 Å². The highest BCUT2D eigenvalue weighted by molar-refractivity contribution is 7.91. The molecule has 1 amide bonds. The summed E-state index contributed by atoms with van der Waals surface area (Å²) in [7, 11) is -2.99. The lowest BCUT2D eigenvalue weighted by molar-refractivity contribution is 0.0945. The normalized spacial score (nSPS) is 18.7. The highest BCUT2D eigenvalue weighted by Crippen LogP contribution is 2.16. The number of carbonyl (C=O) groups excluding carboxylic acids is 1. The Morgan fingerprint density at radius 2 is 2.04 bits per heavy atom. The van der Waals surface area contributed by atoms with Crippen molar-refractivity contribution in [3.63, 3.8) is 0 Å². The Hall–Kier alpha value is -2.55. The van der Waals surface area contributed by atoms with E-state index in [2.05, 4.69) is 25.6 Å². The Morgan fingerprint density at radius 1 is 1.28 bits per heavy atom. The number of pyridine rings is 1. The monoisotopic (exact) mass is 361 g/mol. The van der Waals surface area contributed by atoms with Crippen molar-refractivity contribution in [2.45, 2.75) is 25.9 Å². The summed E-state index contributed by atoms with van der Waals surface area (Å²) in [4.78, 5) is 24.7. The average molecular weight is 361 g/mol. The third-order valence-corrected chi connectivity index (χ3v) is 5.62. The lowest BCUT2D eigenvalue weighted by Gasteiger charge is -2.12. The fourth-order valence-electron chi connectivity index (χ4n) is 2.61. The van der Waals surface area contributed by atoms with Crippen LogP contribution >= 0.6 is 0 Å². The van der Waals surface area contributed by atoms with Gasteiger partial charge < -0.3 is 10.6 Å². The summed E-state index contributed by atoms with van der Waals surface area (Å²) in [5.74, 6) is 0.185. The molecular weight excluding hydrogens is 342 g/mol. The summed E-state index contributed by atoms with van der Waals surface area (Å²) in [6.45, 7) is 2.13. The van der Waals surface area contributed by atoms with Crippen molar-refractivity contribution in [2.75, 3.05) is 16.8 Å². The van der Waals surface area contributed by atoms with Crippen molar-refractivity contribution < 1.29 is 13.2 Å². The number of aryl methyl sites for hydroxylation is 1. The van der Waals surface area contributed by atoms with Gasteiger partial charge in [-0.1, -0.05) is 0 Å². The maximum atomic E-state index is 12.3. The summed E-state index contributed by atoms with van der Waals surface area (Å²) in [5, 5.41) is 5.81. The molecule has 1 aliphatic heterocycles. The standard InChI is InChI=1S/C16H19N5O3S/c1-11-8-14(15(22)18-9-12-2-5-17-6-3-12)21-16(19-11)20-13-4-7-25(23,24)10-13/h2-3,5-6,8,13H,4,7,9-10H2,1H3,(H,18,22)(H,19,20,21). The van der Waals surface area contributed by atoms with Crippen LogP contribution in [-0.2, 0) is 16.4 Å². The number of nitrogens with one attached hydrogen (secondary N) is 2. The van der Waals surface area contributed by atoms with E-state index in [1.165, 1.54) is 0 Å². The molecule has 8 nitrogen and oxygen atoms in total. The van der Waals surface area contributed by atoms with E-state index in [0.29, 0.717) is 18.7 Å². The molecule has 2 aromatic heterocycles. The number of sulfone groups is 1. The van der Waals surface area contributed by atoms with E-state index in [0.717, 1.165) is 5.56 Å². The van der Waals surface area contributed by atoms with Crippen molar-refractivity contribution in [1.29, 1.82) is 0 Å². The van der Waals surface area contributed by atoms with Crippen molar-refractivity contribution in [3.05, 3.63) is 47.5 Å². The van der Waals surface area contributed by atoms with Gasteiger partial charge in [0, 0.05) is 30.7 Å². The number of hydrogen-bond acceptors (Lipinski definition) is 7. The minimum Gasteiger partial charge on any atom is -0.350 e. The van der Waals surface area contributed by atoms with Gasteiger partial charge in [0.15, 0.2) is 9.84 Å². The van der Waals surface area contributed by atoms with E-state index in [1.54, 1.807) is 25.4 Å². The molecule has 2 aromatic rings. The Labute approximate surface area is 146 Å². The number of amides is 1. The number of carbonyl (C=O) groups is 1.